The number of morpholine rings is 2. The lowest BCUT2D eigenvalue weighted by Crippen LogP contribution is -2.53. The Labute approximate surface area is 150 Å². The third kappa shape index (κ3) is 5.42. The number of nitrogens with one attached hydrogen (secondary N) is 1. The van der Waals surface area contributed by atoms with Gasteiger partial charge in [0.25, 0.3) is 0 Å². The van der Waals surface area contributed by atoms with Gasteiger partial charge in [-0.3, -0.25) is 4.90 Å². The normalized spacial score (nSPS) is 21.1. The van der Waals surface area contributed by atoms with Crippen molar-refractivity contribution in [1.29, 1.82) is 0 Å². The summed E-state index contributed by atoms with van der Waals surface area (Å²) in [5, 5.41) is 3.01. The zero-order valence-corrected chi connectivity index (χ0v) is 15.3. The van der Waals surface area contributed by atoms with E-state index >= 15 is 0 Å². The van der Waals surface area contributed by atoms with Crippen LogP contribution in [0.5, 0.6) is 0 Å². The van der Waals surface area contributed by atoms with Crippen LogP contribution in [0.15, 0.2) is 24.3 Å². The Morgan fingerprint density at radius 1 is 1.08 bits per heavy atom. The molecule has 2 fully saturated rings. The zero-order valence-electron chi connectivity index (χ0n) is 15.3. The van der Waals surface area contributed by atoms with Crippen molar-refractivity contribution in [3.8, 4) is 0 Å². The number of hydrogen-bond donors (Lipinski definition) is 1. The molecule has 0 unspecified atom stereocenters. The maximum atomic E-state index is 12.3. The molecule has 0 bridgehead atoms. The molecule has 2 aliphatic rings. The second-order valence-corrected chi connectivity index (χ2v) is 7.39. The van der Waals surface area contributed by atoms with Gasteiger partial charge in [0.15, 0.2) is 0 Å². The van der Waals surface area contributed by atoms with Crippen LogP contribution in [-0.2, 0) is 22.6 Å². The van der Waals surface area contributed by atoms with Crippen LogP contribution in [0.25, 0.3) is 0 Å². The zero-order chi connectivity index (χ0) is 17.7. The maximum absolute atomic E-state index is 12.3. The molecule has 3 rings (SSSR count). The smallest absolute Gasteiger partial charge is 0.317 e. The van der Waals surface area contributed by atoms with Gasteiger partial charge >= 0.3 is 6.03 Å². The van der Waals surface area contributed by atoms with Crippen LogP contribution in [0.4, 0.5) is 4.79 Å². The summed E-state index contributed by atoms with van der Waals surface area (Å²) >= 11 is 0. The molecule has 0 spiro atoms. The number of carbonyl (C=O) groups excluding carboxylic acids is 1. The Morgan fingerprint density at radius 3 is 2.44 bits per heavy atom. The first kappa shape index (κ1) is 18.2. The summed E-state index contributed by atoms with van der Waals surface area (Å²) in [5.41, 5.74) is 2.15. The molecule has 138 valence electrons. The van der Waals surface area contributed by atoms with Crippen LogP contribution in [0, 0.1) is 0 Å². The molecule has 2 heterocycles. The minimum Gasteiger partial charge on any atom is -0.379 e. The Balaban J connectivity index is 1.45. The second kappa shape index (κ2) is 8.17. The molecule has 2 aliphatic heterocycles. The van der Waals surface area contributed by atoms with E-state index in [-0.39, 0.29) is 11.6 Å². The van der Waals surface area contributed by atoms with Gasteiger partial charge in [-0.05, 0) is 25.0 Å². The lowest BCUT2D eigenvalue weighted by molar-refractivity contribution is -0.0733. The van der Waals surface area contributed by atoms with Gasteiger partial charge in [0.2, 0.25) is 0 Å². The van der Waals surface area contributed by atoms with Crippen molar-refractivity contribution in [2.45, 2.75) is 32.5 Å². The molecule has 25 heavy (non-hydrogen) atoms. The van der Waals surface area contributed by atoms with E-state index in [2.05, 4.69) is 34.5 Å². The van der Waals surface area contributed by atoms with Crippen molar-refractivity contribution in [2.24, 2.45) is 0 Å². The molecule has 2 amide bonds. The van der Waals surface area contributed by atoms with Crippen molar-refractivity contribution >= 4 is 6.03 Å². The quantitative estimate of drug-likeness (QED) is 0.903. The highest BCUT2D eigenvalue weighted by atomic mass is 16.5. The van der Waals surface area contributed by atoms with E-state index in [0.717, 1.165) is 38.4 Å². The summed E-state index contributed by atoms with van der Waals surface area (Å²) in [6.07, 6.45) is 0. The fraction of sp³-hybridized carbons (Fsp3) is 0.632. The highest BCUT2D eigenvalue weighted by Gasteiger charge is 2.29. The molecule has 6 heteroatoms. The molecular weight excluding hydrogens is 318 g/mol. The van der Waals surface area contributed by atoms with Crippen molar-refractivity contribution in [3.63, 3.8) is 0 Å². The predicted molar refractivity (Wildman–Crippen MR) is 96.4 cm³/mol. The molecule has 0 aromatic heterocycles. The van der Waals surface area contributed by atoms with Crippen molar-refractivity contribution in [2.75, 3.05) is 46.0 Å². The van der Waals surface area contributed by atoms with E-state index in [1.165, 1.54) is 5.56 Å². The molecule has 0 atom stereocenters. The minimum atomic E-state index is -0.267. The number of urea groups is 1. The van der Waals surface area contributed by atoms with E-state index in [1.807, 2.05) is 18.7 Å². The van der Waals surface area contributed by atoms with Crippen LogP contribution >= 0.6 is 0 Å². The number of carbonyl (C=O) groups is 1. The fourth-order valence-corrected chi connectivity index (χ4v) is 3.26. The number of amides is 2. The summed E-state index contributed by atoms with van der Waals surface area (Å²) in [5.74, 6) is 0. The molecule has 2 saturated heterocycles. The van der Waals surface area contributed by atoms with Gasteiger partial charge < -0.3 is 19.7 Å². The highest BCUT2D eigenvalue weighted by Crippen LogP contribution is 2.16. The number of ether oxygens (including phenoxy) is 2. The van der Waals surface area contributed by atoms with Gasteiger partial charge in [-0.15, -0.1) is 0 Å². The first-order chi connectivity index (χ1) is 12.0. The van der Waals surface area contributed by atoms with Gasteiger partial charge in [0, 0.05) is 32.7 Å². The lowest BCUT2D eigenvalue weighted by atomic mass is 10.1. The Bertz CT molecular complexity index is 568. The largest absolute Gasteiger partial charge is 0.379 e. The van der Waals surface area contributed by atoms with Crippen LogP contribution in [0.2, 0.25) is 0 Å². The van der Waals surface area contributed by atoms with Crippen LogP contribution in [0.3, 0.4) is 0 Å². The third-order valence-corrected chi connectivity index (χ3v) is 4.69. The highest BCUT2D eigenvalue weighted by molar-refractivity contribution is 5.74. The lowest BCUT2D eigenvalue weighted by Gasteiger charge is -2.38. The van der Waals surface area contributed by atoms with Gasteiger partial charge in [0.1, 0.15) is 0 Å². The standard InChI is InChI=1S/C19H29N3O3/c1-19(2)15-22(9-12-25-19)18(23)20-13-16-3-5-17(6-4-16)14-21-7-10-24-11-8-21/h3-6H,7-15H2,1-2H3,(H,20,23). The number of nitrogens with zero attached hydrogens (tertiary/aromatic N) is 2. The molecule has 1 N–H and O–H groups in total. The van der Waals surface area contributed by atoms with Gasteiger partial charge in [0.05, 0.1) is 32.0 Å². The van der Waals surface area contributed by atoms with Crippen LogP contribution in [0.1, 0.15) is 25.0 Å². The van der Waals surface area contributed by atoms with Gasteiger partial charge in [-0.25, -0.2) is 4.79 Å². The summed E-state index contributed by atoms with van der Waals surface area (Å²) in [4.78, 5) is 16.6. The summed E-state index contributed by atoms with van der Waals surface area (Å²) in [7, 11) is 0. The van der Waals surface area contributed by atoms with E-state index < -0.39 is 0 Å². The van der Waals surface area contributed by atoms with Crippen molar-refractivity contribution in [1.82, 2.24) is 15.1 Å². The Hall–Kier alpha value is -1.63. The molecule has 1 aromatic carbocycles. The summed E-state index contributed by atoms with van der Waals surface area (Å²) < 4.78 is 11.0. The molecule has 6 nitrogen and oxygen atoms in total. The molecule has 0 saturated carbocycles. The van der Waals surface area contributed by atoms with E-state index in [4.69, 9.17) is 9.47 Å². The first-order valence-electron chi connectivity index (χ1n) is 9.06. The summed E-state index contributed by atoms with van der Waals surface area (Å²) in [6.45, 7) is 11.0. The second-order valence-electron chi connectivity index (χ2n) is 7.39. The SMILES string of the molecule is CC1(C)CN(C(=O)NCc2ccc(CN3CCOCC3)cc2)CCO1. The minimum absolute atomic E-state index is 0.0197. The monoisotopic (exact) mass is 347 g/mol. The van der Waals surface area contributed by atoms with E-state index in [1.54, 1.807) is 0 Å². The van der Waals surface area contributed by atoms with Crippen LogP contribution in [-0.4, -0.2) is 67.4 Å². The van der Waals surface area contributed by atoms with Crippen molar-refractivity contribution < 1.29 is 14.3 Å². The first-order valence-corrected chi connectivity index (χ1v) is 9.06. The van der Waals surface area contributed by atoms with Gasteiger partial charge in [-0.1, -0.05) is 24.3 Å². The van der Waals surface area contributed by atoms with E-state index in [9.17, 15) is 4.79 Å². The average Bonchev–Trinajstić information content (AvgIpc) is 2.61. The Morgan fingerprint density at radius 2 is 1.76 bits per heavy atom. The number of benzene rings is 1. The number of rotatable bonds is 4. The molecule has 1 aromatic rings. The number of hydrogen-bond acceptors (Lipinski definition) is 4. The van der Waals surface area contributed by atoms with Crippen molar-refractivity contribution in [3.05, 3.63) is 35.4 Å². The van der Waals surface area contributed by atoms with Gasteiger partial charge in [-0.2, -0.15) is 0 Å². The molecular formula is C19H29N3O3. The maximum Gasteiger partial charge on any atom is 0.317 e. The third-order valence-electron chi connectivity index (χ3n) is 4.69. The summed E-state index contributed by atoms with van der Waals surface area (Å²) in [6, 6.07) is 8.47. The molecule has 0 radical (unpaired) electrons. The average molecular weight is 347 g/mol. The fourth-order valence-electron chi connectivity index (χ4n) is 3.26. The molecule has 0 aliphatic carbocycles. The van der Waals surface area contributed by atoms with E-state index in [0.29, 0.717) is 26.2 Å². The topological polar surface area (TPSA) is 54.0 Å². The predicted octanol–water partition coefficient (Wildman–Crippen LogP) is 1.84. The Kier molecular flexibility index (Phi) is 5.93. The van der Waals surface area contributed by atoms with Crippen LogP contribution < -0.4 is 5.32 Å².